The Morgan fingerprint density at radius 3 is 2.95 bits per heavy atom. The van der Waals surface area contributed by atoms with Crippen molar-refractivity contribution in [3.63, 3.8) is 0 Å². The molecule has 1 saturated carbocycles. The maximum atomic E-state index is 11.9. The topological polar surface area (TPSA) is 97.1 Å². The first-order valence-electron chi connectivity index (χ1n) is 7.01. The van der Waals surface area contributed by atoms with Gasteiger partial charge in [0.25, 0.3) is 0 Å². The Kier molecular flexibility index (Phi) is 4.70. The second-order valence-electron chi connectivity index (χ2n) is 5.31. The Balaban J connectivity index is 1.83. The van der Waals surface area contributed by atoms with Crippen molar-refractivity contribution in [2.24, 2.45) is 5.92 Å². The van der Waals surface area contributed by atoms with Gasteiger partial charge in [-0.2, -0.15) is 0 Å². The summed E-state index contributed by atoms with van der Waals surface area (Å²) in [6.45, 7) is 2.19. The van der Waals surface area contributed by atoms with E-state index in [0.29, 0.717) is 5.92 Å². The van der Waals surface area contributed by atoms with E-state index in [1.807, 2.05) is 0 Å². The summed E-state index contributed by atoms with van der Waals surface area (Å²) in [4.78, 5) is 22.6. The van der Waals surface area contributed by atoms with Crippen LogP contribution in [0.1, 0.15) is 49.5 Å². The van der Waals surface area contributed by atoms with Crippen LogP contribution in [0, 0.1) is 5.92 Å². The highest BCUT2D eigenvalue weighted by Gasteiger charge is 2.22. The number of carbonyl (C=O) groups excluding carboxylic acids is 1. The number of carbonyl (C=O) groups is 2. The molecular weight excluding hydrogens is 260 g/mol. The van der Waals surface area contributed by atoms with E-state index in [1.165, 1.54) is 17.3 Å². The highest BCUT2D eigenvalue weighted by atomic mass is 16.4. The van der Waals surface area contributed by atoms with E-state index in [0.717, 1.165) is 25.7 Å². The third-order valence-electron chi connectivity index (χ3n) is 3.79. The lowest BCUT2D eigenvalue weighted by molar-refractivity contribution is -0.122. The zero-order valence-corrected chi connectivity index (χ0v) is 11.6. The molecule has 0 aliphatic heterocycles. The van der Waals surface area contributed by atoms with Gasteiger partial charge in [0.2, 0.25) is 5.91 Å². The minimum atomic E-state index is -1.14. The van der Waals surface area contributed by atoms with Crippen molar-refractivity contribution in [3.8, 4) is 0 Å². The molecule has 2 rings (SSSR count). The molecule has 2 unspecified atom stereocenters. The van der Waals surface area contributed by atoms with E-state index >= 15 is 0 Å². The van der Waals surface area contributed by atoms with Gasteiger partial charge in [0, 0.05) is 6.04 Å². The fourth-order valence-corrected chi connectivity index (χ4v) is 2.69. The predicted octanol–water partition coefficient (Wildman–Crippen LogP) is 1.06. The van der Waals surface area contributed by atoms with Crippen molar-refractivity contribution < 1.29 is 14.7 Å². The van der Waals surface area contributed by atoms with E-state index in [4.69, 9.17) is 5.11 Å². The van der Waals surface area contributed by atoms with Gasteiger partial charge >= 0.3 is 5.97 Å². The SMILES string of the molecule is CCC1CCCC(NC(=O)Cn2cc(C(=O)O)nn2)C1. The highest BCUT2D eigenvalue weighted by Crippen LogP contribution is 2.26. The number of aromatic carboxylic acids is 1. The zero-order chi connectivity index (χ0) is 14.5. The molecule has 7 nitrogen and oxygen atoms in total. The molecule has 1 aromatic rings. The van der Waals surface area contributed by atoms with Gasteiger partial charge in [0.15, 0.2) is 5.69 Å². The van der Waals surface area contributed by atoms with E-state index in [-0.39, 0.29) is 24.2 Å². The number of nitrogens with one attached hydrogen (secondary N) is 1. The Morgan fingerprint density at radius 2 is 2.30 bits per heavy atom. The maximum Gasteiger partial charge on any atom is 0.358 e. The Morgan fingerprint density at radius 1 is 1.50 bits per heavy atom. The first-order valence-corrected chi connectivity index (χ1v) is 7.01. The van der Waals surface area contributed by atoms with Crippen LogP contribution >= 0.6 is 0 Å². The van der Waals surface area contributed by atoms with Gasteiger partial charge in [-0.3, -0.25) is 4.79 Å². The number of carboxylic acids is 1. The molecule has 1 aliphatic rings. The number of hydrogen-bond acceptors (Lipinski definition) is 4. The van der Waals surface area contributed by atoms with Crippen molar-refractivity contribution in [3.05, 3.63) is 11.9 Å². The largest absolute Gasteiger partial charge is 0.476 e. The van der Waals surface area contributed by atoms with Gasteiger partial charge in [0.1, 0.15) is 6.54 Å². The van der Waals surface area contributed by atoms with Crippen molar-refractivity contribution in [2.45, 2.75) is 51.6 Å². The van der Waals surface area contributed by atoms with Gasteiger partial charge in [-0.1, -0.05) is 31.4 Å². The smallest absolute Gasteiger partial charge is 0.358 e. The lowest BCUT2D eigenvalue weighted by Gasteiger charge is -2.29. The van der Waals surface area contributed by atoms with Gasteiger partial charge < -0.3 is 10.4 Å². The minimum absolute atomic E-state index is 0.00751. The van der Waals surface area contributed by atoms with Gasteiger partial charge in [-0.15, -0.1) is 5.10 Å². The molecule has 0 spiro atoms. The van der Waals surface area contributed by atoms with Gasteiger partial charge in [0.05, 0.1) is 6.20 Å². The quantitative estimate of drug-likeness (QED) is 0.840. The van der Waals surface area contributed by atoms with E-state index in [2.05, 4.69) is 22.6 Å². The van der Waals surface area contributed by atoms with Gasteiger partial charge in [-0.05, 0) is 18.8 Å². The molecule has 0 saturated heterocycles. The minimum Gasteiger partial charge on any atom is -0.476 e. The number of hydrogen-bond donors (Lipinski definition) is 2. The van der Waals surface area contributed by atoms with Gasteiger partial charge in [-0.25, -0.2) is 9.48 Å². The molecule has 1 fully saturated rings. The standard InChI is InChI=1S/C13H20N4O3/c1-2-9-4-3-5-10(6-9)14-12(18)8-17-7-11(13(19)20)15-16-17/h7,9-10H,2-6,8H2,1H3,(H,14,18)(H,19,20). The monoisotopic (exact) mass is 280 g/mol. The first-order chi connectivity index (χ1) is 9.58. The van der Waals surface area contributed by atoms with Crippen molar-refractivity contribution in [1.29, 1.82) is 0 Å². The van der Waals surface area contributed by atoms with E-state index in [1.54, 1.807) is 0 Å². The Bertz CT molecular complexity index is 486. The number of rotatable bonds is 5. The number of carboxylic acid groups (broad SMARTS) is 1. The van der Waals surface area contributed by atoms with Crippen LogP contribution in [0.15, 0.2) is 6.20 Å². The molecule has 0 aromatic carbocycles. The fraction of sp³-hybridized carbons (Fsp3) is 0.692. The van der Waals surface area contributed by atoms with Crippen LogP contribution in [-0.4, -0.2) is 38.0 Å². The second-order valence-corrected chi connectivity index (χ2v) is 5.31. The lowest BCUT2D eigenvalue weighted by Crippen LogP contribution is -2.40. The second kappa shape index (κ2) is 6.49. The normalized spacial score (nSPS) is 22.4. The summed E-state index contributed by atoms with van der Waals surface area (Å²) in [5.41, 5.74) is -0.151. The first kappa shape index (κ1) is 14.5. The number of amides is 1. The third kappa shape index (κ3) is 3.79. The maximum absolute atomic E-state index is 11.9. The summed E-state index contributed by atoms with van der Waals surface area (Å²) in [5.74, 6) is -0.595. The molecule has 7 heteroatoms. The van der Waals surface area contributed by atoms with Crippen molar-refractivity contribution in [1.82, 2.24) is 20.3 Å². The van der Waals surface area contributed by atoms with Crippen molar-refractivity contribution >= 4 is 11.9 Å². The van der Waals surface area contributed by atoms with Crippen LogP contribution in [0.5, 0.6) is 0 Å². The lowest BCUT2D eigenvalue weighted by atomic mass is 9.84. The summed E-state index contributed by atoms with van der Waals surface area (Å²) in [6.07, 6.45) is 6.85. The van der Waals surface area contributed by atoms with Crippen LogP contribution in [0.4, 0.5) is 0 Å². The number of nitrogens with zero attached hydrogens (tertiary/aromatic N) is 3. The van der Waals surface area contributed by atoms with E-state index in [9.17, 15) is 9.59 Å². The van der Waals surface area contributed by atoms with Crippen LogP contribution in [-0.2, 0) is 11.3 Å². The molecule has 0 bridgehead atoms. The molecule has 1 amide bonds. The molecule has 110 valence electrons. The van der Waals surface area contributed by atoms with Crippen LogP contribution < -0.4 is 5.32 Å². The molecule has 1 heterocycles. The zero-order valence-electron chi connectivity index (χ0n) is 11.6. The molecule has 0 radical (unpaired) electrons. The molecule has 1 aliphatic carbocycles. The van der Waals surface area contributed by atoms with E-state index < -0.39 is 5.97 Å². The average Bonchev–Trinajstić information content (AvgIpc) is 2.87. The summed E-state index contributed by atoms with van der Waals surface area (Å²) >= 11 is 0. The fourth-order valence-electron chi connectivity index (χ4n) is 2.69. The average molecular weight is 280 g/mol. The van der Waals surface area contributed by atoms with Crippen LogP contribution in [0.3, 0.4) is 0 Å². The molecule has 2 N–H and O–H groups in total. The molecule has 20 heavy (non-hydrogen) atoms. The van der Waals surface area contributed by atoms with Crippen LogP contribution in [0.2, 0.25) is 0 Å². The summed E-state index contributed by atoms with van der Waals surface area (Å²) < 4.78 is 1.25. The Labute approximate surface area is 117 Å². The Hall–Kier alpha value is -1.92. The van der Waals surface area contributed by atoms with Crippen molar-refractivity contribution in [2.75, 3.05) is 0 Å². The molecule has 2 atom stereocenters. The molecule has 1 aromatic heterocycles. The summed E-state index contributed by atoms with van der Waals surface area (Å²) in [7, 11) is 0. The summed E-state index contributed by atoms with van der Waals surface area (Å²) in [5, 5.41) is 18.8. The number of aromatic nitrogens is 3. The van der Waals surface area contributed by atoms with Crippen LogP contribution in [0.25, 0.3) is 0 Å². The third-order valence-corrected chi connectivity index (χ3v) is 3.79. The highest BCUT2D eigenvalue weighted by molar-refractivity contribution is 5.84. The molecular formula is C13H20N4O3. The predicted molar refractivity (Wildman–Crippen MR) is 71.2 cm³/mol. The summed E-state index contributed by atoms with van der Waals surface area (Å²) in [6, 6.07) is 0.226.